The Bertz CT molecular complexity index is 1270. The smallest absolute Gasteiger partial charge is 0.336 e. The molecule has 2 aromatic heterocycles. The average molecular weight is 417 g/mol. The van der Waals surface area contributed by atoms with Gasteiger partial charge < -0.3 is 14.1 Å². The molecule has 7 nitrogen and oxygen atoms in total. The number of carbonyl (C=O) groups is 1. The fourth-order valence-electron chi connectivity index (χ4n) is 4.07. The third-order valence-electron chi connectivity index (χ3n) is 5.72. The van der Waals surface area contributed by atoms with Crippen LogP contribution in [-0.2, 0) is 24.2 Å². The van der Waals surface area contributed by atoms with Crippen molar-refractivity contribution in [2.75, 3.05) is 6.54 Å². The Labute approximate surface area is 179 Å². The normalized spacial score (nSPS) is 14.1. The lowest BCUT2D eigenvalue weighted by Crippen LogP contribution is -2.43. The number of nitriles is 1. The molecule has 0 bridgehead atoms. The highest BCUT2D eigenvalue weighted by molar-refractivity contribution is 5.83. The van der Waals surface area contributed by atoms with Crippen molar-refractivity contribution in [1.29, 1.82) is 5.26 Å². The highest BCUT2D eigenvalue weighted by Crippen LogP contribution is 2.26. The van der Waals surface area contributed by atoms with Crippen LogP contribution in [0, 0.1) is 18.3 Å². The summed E-state index contributed by atoms with van der Waals surface area (Å²) in [5.41, 5.74) is 4.15. The molecule has 0 radical (unpaired) electrons. The van der Waals surface area contributed by atoms with Gasteiger partial charge in [-0.15, -0.1) is 0 Å². The molecule has 1 atom stereocenters. The number of amides is 1. The quantitative estimate of drug-likeness (QED) is 0.605. The summed E-state index contributed by atoms with van der Waals surface area (Å²) in [4.78, 5) is 30.8. The fraction of sp³-hybridized carbons (Fsp3) is 0.333. The number of ether oxygens (including phenoxy) is 1. The fourth-order valence-corrected chi connectivity index (χ4v) is 4.07. The number of nitrogens with zero attached hydrogens (tertiary/aromatic N) is 3. The Hall–Kier alpha value is -3.66. The van der Waals surface area contributed by atoms with Crippen LogP contribution in [0.5, 0.6) is 5.75 Å². The molecule has 0 saturated heterocycles. The van der Waals surface area contributed by atoms with Crippen molar-refractivity contribution >= 4 is 16.9 Å². The van der Waals surface area contributed by atoms with Crippen LogP contribution in [0.1, 0.15) is 41.8 Å². The summed E-state index contributed by atoms with van der Waals surface area (Å²) >= 11 is 0. The van der Waals surface area contributed by atoms with Crippen molar-refractivity contribution in [2.45, 2.75) is 46.3 Å². The summed E-state index contributed by atoms with van der Waals surface area (Å²) in [6.07, 6.45) is 2.36. The maximum Gasteiger partial charge on any atom is 0.336 e. The van der Waals surface area contributed by atoms with Crippen LogP contribution >= 0.6 is 0 Å². The Kier molecular flexibility index (Phi) is 5.47. The van der Waals surface area contributed by atoms with Gasteiger partial charge in [-0.25, -0.2) is 4.79 Å². The first kappa shape index (κ1) is 20.6. The Morgan fingerprint density at radius 2 is 2.19 bits per heavy atom. The van der Waals surface area contributed by atoms with E-state index in [9.17, 15) is 14.9 Å². The third-order valence-corrected chi connectivity index (χ3v) is 5.72. The van der Waals surface area contributed by atoms with E-state index < -0.39 is 11.7 Å². The van der Waals surface area contributed by atoms with E-state index in [0.717, 1.165) is 28.5 Å². The van der Waals surface area contributed by atoms with Gasteiger partial charge in [0.15, 0.2) is 6.10 Å². The second-order valence-electron chi connectivity index (χ2n) is 7.71. The molecular weight excluding hydrogens is 394 g/mol. The van der Waals surface area contributed by atoms with E-state index in [4.69, 9.17) is 9.15 Å². The van der Waals surface area contributed by atoms with Crippen molar-refractivity contribution in [3.63, 3.8) is 0 Å². The van der Waals surface area contributed by atoms with Crippen molar-refractivity contribution < 1.29 is 13.9 Å². The molecule has 158 valence electrons. The standard InChI is InChI=1S/C24H23N3O4/c1-4-16-9-23(28)31-22-10-18(5-6-20(16)22)30-15(3)24(29)27-8-7-19-17(13-27)12-26-14(2)21(19)11-25/h5-6,9-10,12,15H,4,7-8,13H2,1-3H3. The summed E-state index contributed by atoms with van der Waals surface area (Å²) in [5.74, 6) is 0.319. The Morgan fingerprint density at radius 1 is 1.39 bits per heavy atom. The van der Waals surface area contributed by atoms with E-state index in [1.807, 2.05) is 19.9 Å². The summed E-state index contributed by atoms with van der Waals surface area (Å²) in [7, 11) is 0. The molecule has 0 aliphatic carbocycles. The average Bonchev–Trinajstić information content (AvgIpc) is 2.77. The van der Waals surface area contributed by atoms with Gasteiger partial charge >= 0.3 is 5.63 Å². The maximum atomic E-state index is 13.0. The predicted molar refractivity (Wildman–Crippen MR) is 115 cm³/mol. The molecule has 3 heterocycles. The van der Waals surface area contributed by atoms with E-state index in [1.165, 1.54) is 6.07 Å². The zero-order valence-corrected chi connectivity index (χ0v) is 17.8. The van der Waals surface area contributed by atoms with Crippen molar-refractivity contribution in [3.8, 4) is 11.8 Å². The number of carbonyl (C=O) groups excluding carboxylic acids is 1. The van der Waals surface area contributed by atoms with Crippen molar-refractivity contribution in [2.24, 2.45) is 0 Å². The van der Waals surface area contributed by atoms with Crippen LogP contribution < -0.4 is 10.4 Å². The summed E-state index contributed by atoms with van der Waals surface area (Å²) in [5, 5.41) is 10.3. The highest BCUT2D eigenvalue weighted by Gasteiger charge is 2.28. The van der Waals surface area contributed by atoms with Gasteiger partial charge in [-0.3, -0.25) is 9.78 Å². The summed E-state index contributed by atoms with van der Waals surface area (Å²) < 4.78 is 11.2. The first-order valence-electron chi connectivity index (χ1n) is 10.3. The van der Waals surface area contributed by atoms with E-state index in [2.05, 4.69) is 11.1 Å². The molecule has 0 spiro atoms. The van der Waals surface area contributed by atoms with Crippen molar-refractivity contribution in [3.05, 3.63) is 68.8 Å². The topological polar surface area (TPSA) is 96.4 Å². The number of benzene rings is 1. The van der Waals surface area contributed by atoms with Gasteiger partial charge in [0.1, 0.15) is 17.4 Å². The molecular formula is C24H23N3O4. The molecule has 1 aliphatic rings. The van der Waals surface area contributed by atoms with E-state index in [0.29, 0.717) is 42.1 Å². The molecule has 0 N–H and O–H groups in total. The molecule has 1 aromatic carbocycles. The lowest BCUT2D eigenvalue weighted by Gasteiger charge is -2.31. The number of pyridine rings is 1. The molecule has 1 aliphatic heterocycles. The van der Waals surface area contributed by atoms with Gasteiger partial charge in [-0.1, -0.05) is 6.92 Å². The lowest BCUT2D eigenvalue weighted by molar-refractivity contribution is -0.138. The number of rotatable bonds is 4. The summed E-state index contributed by atoms with van der Waals surface area (Å²) in [6.45, 7) is 6.42. The van der Waals surface area contributed by atoms with Gasteiger partial charge in [0, 0.05) is 36.8 Å². The zero-order valence-electron chi connectivity index (χ0n) is 17.8. The Morgan fingerprint density at radius 3 is 2.94 bits per heavy atom. The van der Waals surface area contributed by atoms with Crippen LogP contribution in [0.3, 0.4) is 0 Å². The monoisotopic (exact) mass is 417 g/mol. The SMILES string of the molecule is CCc1cc(=O)oc2cc(OC(C)C(=O)N3CCc4c(cnc(C)c4C#N)C3)ccc12. The maximum absolute atomic E-state index is 13.0. The minimum absolute atomic E-state index is 0.145. The van der Waals surface area contributed by atoms with Crippen LogP contribution in [0.2, 0.25) is 0 Å². The van der Waals surface area contributed by atoms with Crippen molar-refractivity contribution in [1.82, 2.24) is 9.88 Å². The Balaban J connectivity index is 1.52. The van der Waals surface area contributed by atoms with Gasteiger partial charge in [0.05, 0.1) is 11.3 Å². The van der Waals surface area contributed by atoms with Crippen LogP contribution in [0.4, 0.5) is 0 Å². The minimum Gasteiger partial charge on any atom is -0.481 e. The van der Waals surface area contributed by atoms with E-state index in [1.54, 1.807) is 30.2 Å². The molecule has 0 saturated carbocycles. The molecule has 4 rings (SSSR count). The molecule has 0 fully saturated rings. The predicted octanol–water partition coefficient (Wildman–Crippen LogP) is 3.28. The minimum atomic E-state index is -0.714. The number of aryl methyl sites for hydroxylation is 2. The molecule has 1 amide bonds. The van der Waals surface area contributed by atoms with Gasteiger partial charge in [-0.2, -0.15) is 5.26 Å². The molecule has 31 heavy (non-hydrogen) atoms. The third kappa shape index (κ3) is 3.89. The zero-order chi connectivity index (χ0) is 22.1. The van der Waals surface area contributed by atoms with E-state index >= 15 is 0 Å². The molecule has 1 unspecified atom stereocenters. The van der Waals surface area contributed by atoms with Gasteiger partial charge in [-0.05, 0) is 55.5 Å². The molecule has 7 heteroatoms. The second-order valence-corrected chi connectivity index (χ2v) is 7.71. The van der Waals surface area contributed by atoms with Crippen LogP contribution in [-0.4, -0.2) is 28.4 Å². The second kappa shape index (κ2) is 8.23. The largest absolute Gasteiger partial charge is 0.481 e. The lowest BCUT2D eigenvalue weighted by atomic mass is 9.95. The number of fused-ring (bicyclic) bond motifs is 2. The van der Waals surface area contributed by atoms with Gasteiger partial charge in [0.25, 0.3) is 5.91 Å². The number of hydrogen-bond acceptors (Lipinski definition) is 6. The van der Waals surface area contributed by atoms with Crippen LogP contribution in [0.15, 0.2) is 39.7 Å². The van der Waals surface area contributed by atoms with Gasteiger partial charge in [0.2, 0.25) is 0 Å². The molecule has 3 aromatic rings. The number of aromatic nitrogens is 1. The van der Waals surface area contributed by atoms with E-state index in [-0.39, 0.29) is 5.91 Å². The summed E-state index contributed by atoms with van der Waals surface area (Å²) in [6, 6.07) is 9.00. The first-order chi connectivity index (χ1) is 14.9. The number of hydrogen-bond donors (Lipinski definition) is 0. The van der Waals surface area contributed by atoms with Crippen LogP contribution in [0.25, 0.3) is 11.0 Å². The highest BCUT2D eigenvalue weighted by atomic mass is 16.5. The first-order valence-corrected chi connectivity index (χ1v) is 10.3.